The molecule has 0 fully saturated rings. The van der Waals surface area contributed by atoms with Crippen LogP contribution in [0.5, 0.6) is 0 Å². The molecule has 1 aromatic rings. The molecule has 1 rings (SSSR count). The molecule has 0 bridgehead atoms. The predicted octanol–water partition coefficient (Wildman–Crippen LogP) is 2.33. The molecular formula is C14H18N2O6. The molecule has 0 aromatic heterocycles. The largest absolute Gasteiger partial charge is 0.467 e. The third kappa shape index (κ3) is 5.04. The van der Waals surface area contributed by atoms with Crippen molar-refractivity contribution in [3.8, 4) is 0 Å². The number of nitro groups is 1. The molecular weight excluding hydrogens is 292 g/mol. The fourth-order valence-corrected chi connectivity index (χ4v) is 1.64. The van der Waals surface area contributed by atoms with Gasteiger partial charge in [-0.2, -0.15) is 0 Å². The Morgan fingerprint density at radius 3 is 2.45 bits per heavy atom. The van der Waals surface area contributed by atoms with E-state index in [0.717, 1.165) is 7.11 Å². The van der Waals surface area contributed by atoms with E-state index in [9.17, 15) is 19.7 Å². The number of carbonyl (C=O) groups is 2. The molecule has 0 saturated heterocycles. The highest BCUT2D eigenvalue weighted by Gasteiger charge is 2.27. The van der Waals surface area contributed by atoms with Gasteiger partial charge in [0.2, 0.25) is 0 Å². The summed E-state index contributed by atoms with van der Waals surface area (Å²) in [6, 6.07) is 4.18. The second-order valence-corrected chi connectivity index (χ2v) is 5.45. The molecule has 8 nitrogen and oxygen atoms in total. The average Bonchev–Trinajstić information content (AvgIpc) is 2.42. The number of hydrogen-bond donors (Lipinski definition) is 1. The number of ether oxygens (including phenoxy) is 2. The van der Waals surface area contributed by atoms with Crippen LogP contribution in [-0.4, -0.2) is 29.7 Å². The van der Waals surface area contributed by atoms with Crippen LogP contribution in [0.2, 0.25) is 0 Å². The summed E-state index contributed by atoms with van der Waals surface area (Å²) in [4.78, 5) is 33.8. The SMILES string of the molecule is COC(=O)[C@@H](NC(=O)OC(C)(C)C)c1cccc([N+](=O)[O-])c1. The first-order valence-corrected chi connectivity index (χ1v) is 6.46. The van der Waals surface area contributed by atoms with Crippen molar-refractivity contribution in [1.29, 1.82) is 0 Å². The van der Waals surface area contributed by atoms with E-state index >= 15 is 0 Å². The van der Waals surface area contributed by atoms with Crippen LogP contribution in [-0.2, 0) is 14.3 Å². The average molecular weight is 310 g/mol. The van der Waals surface area contributed by atoms with Crippen LogP contribution in [0.25, 0.3) is 0 Å². The Hall–Kier alpha value is -2.64. The second kappa shape index (κ2) is 6.88. The van der Waals surface area contributed by atoms with Gasteiger partial charge in [0.15, 0.2) is 6.04 Å². The smallest absolute Gasteiger partial charge is 0.408 e. The first-order chi connectivity index (χ1) is 10.1. The van der Waals surface area contributed by atoms with Gasteiger partial charge < -0.3 is 14.8 Å². The summed E-state index contributed by atoms with van der Waals surface area (Å²) in [5.74, 6) is -0.758. The summed E-state index contributed by atoms with van der Waals surface area (Å²) in [6.07, 6.45) is -0.825. The van der Waals surface area contributed by atoms with Gasteiger partial charge in [-0.15, -0.1) is 0 Å². The molecule has 1 aromatic carbocycles. The summed E-state index contributed by atoms with van der Waals surface area (Å²) in [5.41, 5.74) is -0.711. The Morgan fingerprint density at radius 2 is 1.95 bits per heavy atom. The van der Waals surface area contributed by atoms with Crippen molar-refractivity contribution >= 4 is 17.7 Å². The molecule has 1 N–H and O–H groups in total. The van der Waals surface area contributed by atoms with Gasteiger partial charge in [0, 0.05) is 12.1 Å². The van der Waals surface area contributed by atoms with Gasteiger partial charge in [-0.25, -0.2) is 9.59 Å². The Bertz CT molecular complexity index is 579. The Balaban J connectivity index is 3.04. The molecule has 0 radical (unpaired) electrons. The fraction of sp³-hybridized carbons (Fsp3) is 0.429. The molecule has 0 heterocycles. The minimum atomic E-state index is -1.19. The number of esters is 1. The number of nitro benzene ring substituents is 1. The topological polar surface area (TPSA) is 108 Å². The van der Waals surface area contributed by atoms with E-state index in [-0.39, 0.29) is 11.3 Å². The van der Waals surface area contributed by atoms with E-state index in [4.69, 9.17) is 4.74 Å². The zero-order chi connectivity index (χ0) is 16.9. The summed E-state index contributed by atoms with van der Waals surface area (Å²) in [7, 11) is 1.16. The van der Waals surface area contributed by atoms with Crippen molar-refractivity contribution in [3.05, 3.63) is 39.9 Å². The van der Waals surface area contributed by atoms with E-state index < -0.39 is 28.6 Å². The third-order valence-electron chi connectivity index (χ3n) is 2.51. The van der Waals surface area contributed by atoms with E-state index in [1.165, 1.54) is 24.3 Å². The molecule has 1 atom stereocenters. The molecule has 120 valence electrons. The van der Waals surface area contributed by atoms with Gasteiger partial charge in [0.25, 0.3) is 5.69 Å². The lowest BCUT2D eigenvalue weighted by atomic mass is 10.1. The molecule has 0 unspecified atom stereocenters. The zero-order valence-electron chi connectivity index (χ0n) is 12.8. The van der Waals surface area contributed by atoms with E-state index in [1.54, 1.807) is 20.8 Å². The normalized spacial score (nSPS) is 12.2. The Kier molecular flexibility index (Phi) is 5.44. The van der Waals surface area contributed by atoms with Crippen LogP contribution in [0.3, 0.4) is 0 Å². The van der Waals surface area contributed by atoms with Gasteiger partial charge in [-0.1, -0.05) is 12.1 Å². The molecule has 0 spiro atoms. The van der Waals surface area contributed by atoms with Crippen LogP contribution in [0.15, 0.2) is 24.3 Å². The quantitative estimate of drug-likeness (QED) is 0.519. The zero-order valence-corrected chi connectivity index (χ0v) is 12.8. The van der Waals surface area contributed by atoms with Crippen molar-refractivity contribution in [2.75, 3.05) is 7.11 Å². The molecule has 0 aliphatic rings. The minimum Gasteiger partial charge on any atom is -0.467 e. The lowest BCUT2D eigenvalue weighted by Crippen LogP contribution is -2.38. The van der Waals surface area contributed by atoms with E-state index in [1.807, 2.05) is 0 Å². The number of benzene rings is 1. The van der Waals surface area contributed by atoms with Crippen molar-refractivity contribution in [1.82, 2.24) is 5.32 Å². The van der Waals surface area contributed by atoms with Gasteiger partial charge >= 0.3 is 12.1 Å². The van der Waals surface area contributed by atoms with E-state index in [0.29, 0.717) is 0 Å². The van der Waals surface area contributed by atoms with Crippen molar-refractivity contribution in [2.24, 2.45) is 0 Å². The van der Waals surface area contributed by atoms with Gasteiger partial charge in [-0.05, 0) is 26.3 Å². The number of non-ortho nitro benzene ring substituents is 1. The van der Waals surface area contributed by atoms with Crippen molar-refractivity contribution < 1.29 is 24.0 Å². The monoisotopic (exact) mass is 310 g/mol. The van der Waals surface area contributed by atoms with Crippen molar-refractivity contribution in [3.63, 3.8) is 0 Å². The highest BCUT2D eigenvalue weighted by Crippen LogP contribution is 2.21. The number of nitrogens with zero attached hydrogens (tertiary/aromatic N) is 1. The number of rotatable bonds is 4. The number of methoxy groups -OCH3 is 1. The maximum Gasteiger partial charge on any atom is 0.408 e. The second-order valence-electron chi connectivity index (χ2n) is 5.45. The Morgan fingerprint density at radius 1 is 1.32 bits per heavy atom. The fourth-order valence-electron chi connectivity index (χ4n) is 1.64. The van der Waals surface area contributed by atoms with Crippen molar-refractivity contribution in [2.45, 2.75) is 32.4 Å². The predicted molar refractivity (Wildman–Crippen MR) is 77.2 cm³/mol. The van der Waals surface area contributed by atoms with Crippen LogP contribution in [0.1, 0.15) is 32.4 Å². The highest BCUT2D eigenvalue weighted by atomic mass is 16.6. The number of nitrogens with one attached hydrogen (secondary N) is 1. The minimum absolute atomic E-state index is 0.197. The van der Waals surface area contributed by atoms with E-state index in [2.05, 4.69) is 10.1 Å². The van der Waals surface area contributed by atoms with Gasteiger partial charge in [0.05, 0.1) is 12.0 Å². The van der Waals surface area contributed by atoms with Gasteiger partial charge in [-0.3, -0.25) is 10.1 Å². The number of carbonyl (C=O) groups excluding carboxylic acids is 2. The number of alkyl carbamates (subject to hydrolysis) is 1. The first-order valence-electron chi connectivity index (χ1n) is 6.46. The maximum absolute atomic E-state index is 11.8. The third-order valence-corrected chi connectivity index (χ3v) is 2.51. The molecule has 22 heavy (non-hydrogen) atoms. The highest BCUT2D eigenvalue weighted by molar-refractivity contribution is 5.83. The lowest BCUT2D eigenvalue weighted by Gasteiger charge is -2.22. The van der Waals surface area contributed by atoms with Gasteiger partial charge in [0.1, 0.15) is 5.60 Å². The summed E-state index contributed by atoms with van der Waals surface area (Å²) in [6.45, 7) is 5.02. The lowest BCUT2D eigenvalue weighted by molar-refractivity contribution is -0.384. The van der Waals surface area contributed by atoms with Crippen LogP contribution < -0.4 is 5.32 Å². The first kappa shape index (κ1) is 17.4. The van der Waals surface area contributed by atoms with Crippen LogP contribution in [0, 0.1) is 10.1 Å². The summed E-state index contributed by atoms with van der Waals surface area (Å²) in [5, 5.41) is 13.2. The molecule has 1 amide bonds. The molecule has 0 aliphatic heterocycles. The Labute approximate surface area is 127 Å². The maximum atomic E-state index is 11.8. The number of amides is 1. The summed E-state index contributed by atoms with van der Waals surface area (Å²) >= 11 is 0. The standard InChI is InChI=1S/C14H18N2O6/c1-14(2,3)22-13(18)15-11(12(17)21-4)9-6-5-7-10(8-9)16(19)20/h5-8,11H,1-4H3,(H,15,18)/t11-/m0/s1. The molecule has 0 saturated carbocycles. The number of hydrogen-bond acceptors (Lipinski definition) is 6. The molecule has 8 heteroatoms. The molecule has 0 aliphatic carbocycles. The summed E-state index contributed by atoms with van der Waals surface area (Å²) < 4.78 is 9.69. The van der Waals surface area contributed by atoms with Crippen LogP contribution >= 0.6 is 0 Å². The van der Waals surface area contributed by atoms with Crippen LogP contribution in [0.4, 0.5) is 10.5 Å².